The standard InChI is InChI=1S/C23H24N2O5S/c1-11-15(21(23(29)30-3)25-20(11)18(12(2)27)22(25)28)9-24-16-6-4-5-14-7-13(10-26)8-17(31-24)19(14)16/h4-8,11-12,18,20,26-27H,9-10H2,1-3H3/t11-,12+,18+,20?/m0/s1. The van der Waals surface area contributed by atoms with Crippen LogP contribution in [0.4, 0.5) is 5.69 Å². The van der Waals surface area contributed by atoms with Gasteiger partial charge in [0.25, 0.3) is 0 Å². The fourth-order valence-electron chi connectivity index (χ4n) is 5.18. The zero-order chi connectivity index (χ0) is 22.0. The van der Waals surface area contributed by atoms with Crippen LogP contribution < -0.4 is 4.31 Å². The van der Waals surface area contributed by atoms with Crippen LogP contribution in [0.25, 0.3) is 10.8 Å². The van der Waals surface area contributed by atoms with E-state index in [2.05, 4.69) is 4.31 Å². The number of fused-ring (bicyclic) bond motifs is 1. The Balaban J connectivity index is 1.54. The molecule has 5 rings (SSSR count). The maximum atomic E-state index is 12.7. The lowest BCUT2D eigenvalue weighted by molar-refractivity contribution is -0.163. The molecule has 2 N–H and O–H groups in total. The number of aliphatic hydroxyl groups is 2. The molecule has 1 saturated heterocycles. The van der Waals surface area contributed by atoms with Crippen molar-refractivity contribution in [3.8, 4) is 0 Å². The van der Waals surface area contributed by atoms with Gasteiger partial charge in [0.1, 0.15) is 5.70 Å². The van der Waals surface area contributed by atoms with E-state index in [0.717, 1.165) is 32.5 Å². The maximum absolute atomic E-state index is 12.7. The van der Waals surface area contributed by atoms with Gasteiger partial charge in [-0.2, -0.15) is 0 Å². The second-order valence-electron chi connectivity index (χ2n) is 8.37. The number of esters is 1. The number of β-lactam (4-membered cyclic amide) rings is 1. The molecule has 1 amide bonds. The van der Waals surface area contributed by atoms with Crippen molar-refractivity contribution in [1.29, 1.82) is 0 Å². The number of hydrogen-bond acceptors (Lipinski definition) is 7. The molecule has 0 radical (unpaired) electrons. The van der Waals surface area contributed by atoms with Gasteiger partial charge in [-0.15, -0.1) is 0 Å². The van der Waals surface area contributed by atoms with Gasteiger partial charge in [0.2, 0.25) is 5.91 Å². The molecule has 2 aromatic carbocycles. The Labute approximate surface area is 184 Å². The number of ether oxygens (including phenoxy) is 1. The van der Waals surface area contributed by atoms with Crippen LogP contribution >= 0.6 is 11.9 Å². The van der Waals surface area contributed by atoms with Crippen molar-refractivity contribution in [2.45, 2.75) is 37.5 Å². The van der Waals surface area contributed by atoms with Crippen molar-refractivity contribution in [3.05, 3.63) is 47.2 Å². The Morgan fingerprint density at radius 2 is 2.10 bits per heavy atom. The molecule has 162 valence electrons. The summed E-state index contributed by atoms with van der Waals surface area (Å²) >= 11 is 1.57. The van der Waals surface area contributed by atoms with Crippen LogP contribution in [0.15, 0.2) is 46.5 Å². The van der Waals surface area contributed by atoms with Gasteiger partial charge >= 0.3 is 5.97 Å². The molecule has 31 heavy (non-hydrogen) atoms. The zero-order valence-corrected chi connectivity index (χ0v) is 18.3. The molecule has 0 bridgehead atoms. The molecule has 0 saturated carbocycles. The number of amides is 1. The van der Waals surface area contributed by atoms with Crippen LogP contribution in [0.3, 0.4) is 0 Å². The van der Waals surface area contributed by atoms with E-state index in [0.29, 0.717) is 12.2 Å². The number of benzene rings is 2. The summed E-state index contributed by atoms with van der Waals surface area (Å²) in [5.41, 5.74) is 3.04. The van der Waals surface area contributed by atoms with E-state index in [1.807, 2.05) is 37.3 Å². The Morgan fingerprint density at radius 3 is 2.77 bits per heavy atom. The van der Waals surface area contributed by atoms with E-state index in [-0.39, 0.29) is 24.5 Å². The number of anilines is 1. The number of nitrogens with zero attached hydrogens (tertiary/aromatic N) is 2. The van der Waals surface area contributed by atoms with Crippen LogP contribution in [-0.2, 0) is 20.9 Å². The Kier molecular flexibility index (Phi) is 4.76. The molecule has 2 aromatic rings. The average molecular weight is 441 g/mol. The van der Waals surface area contributed by atoms with Gasteiger partial charge in [-0.1, -0.05) is 19.1 Å². The van der Waals surface area contributed by atoms with Gasteiger partial charge in [0.15, 0.2) is 0 Å². The van der Waals surface area contributed by atoms with Crippen LogP contribution in [0, 0.1) is 11.8 Å². The van der Waals surface area contributed by atoms with Crippen LogP contribution in [0.1, 0.15) is 19.4 Å². The molecule has 8 heteroatoms. The van der Waals surface area contributed by atoms with E-state index in [1.165, 1.54) is 12.0 Å². The molecule has 3 aliphatic rings. The van der Waals surface area contributed by atoms with Crippen molar-refractivity contribution in [2.75, 3.05) is 18.0 Å². The van der Waals surface area contributed by atoms with Crippen molar-refractivity contribution < 1.29 is 24.5 Å². The number of carbonyl (C=O) groups is 2. The van der Waals surface area contributed by atoms with E-state index >= 15 is 0 Å². The first-order valence-corrected chi connectivity index (χ1v) is 11.1. The third-order valence-corrected chi connectivity index (χ3v) is 7.71. The maximum Gasteiger partial charge on any atom is 0.354 e. The molecule has 3 heterocycles. The van der Waals surface area contributed by atoms with E-state index in [9.17, 15) is 19.8 Å². The number of hydrogen-bond donors (Lipinski definition) is 2. The summed E-state index contributed by atoms with van der Waals surface area (Å²) in [5, 5.41) is 21.9. The first kappa shape index (κ1) is 20.4. The highest BCUT2D eigenvalue weighted by Crippen LogP contribution is 2.51. The topological polar surface area (TPSA) is 90.3 Å². The molecule has 0 aliphatic carbocycles. The average Bonchev–Trinajstić information content (AvgIpc) is 3.22. The molecular formula is C23H24N2O5S. The lowest BCUT2D eigenvalue weighted by Gasteiger charge is -2.46. The van der Waals surface area contributed by atoms with Crippen LogP contribution in [0.5, 0.6) is 0 Å². The van der Waals surface area contributed by atoms with Gasteiger partial charge in [0.05, 0.1) is 44.0 Å². The van der Waals surface area contributed by atoms with Crippen LogP contribution in [-0.4, -0.2) is 52.8 Å². The second kappa shape index (κ2) is 7.25. The fraction of sp³-hybridized carbons (Fsp3) is 0.391. The Bertz CT molecular complexity index is 1140. The summed E-state index contributed by atoms with van der Waals surface area (Å²) in [4.78, 5) is 28.0. The number of rotatable bonds is 5. The van der Waals surface area contributed by atoms with Crippen molar-refractivity contribution in [1.82, 2.24) is 4.90 Å². The third-order valence-electron chi connectivity index (χ3n) is 6.65. The van der Waals surface area contributed by atoms with Crippen molar-refractivity contribution >= 4 is 40.3 Å². The molecule has 1 unspecified atom stereocenters. The fourth-order valence-corrected chi connectivity index (χ4v) is 6.39. The highest BCUT2D eigenvalue weighted by atomic mass is 32.2. The summed E-state index contributed by atoms with van der Waals surface area (Å²) in [6.45, 7) is 4.05. The highest BCUT2D eigenvalue weighted by Gasteiger charge is 2.60. The number of aliphatic hydroxyl groups excluding tert-OH is 2. The van der Waals surface area contributed by atoms with Gasteiger partial charge in [0, 0.05) is 16.2 Å². The minimum atomic E-state index is -0.773. The molecule has 1 fully saturated rings. The van der Waals surface area contributed by atoms with Crippen molar-refractivity contribution in [2.24, 2.45) is 11.8 Å². The lowest BCUT2D eigenvalue weighted by Crippen LogP contribution is -2.63. The van der Waals surface area contributed by atoms with Gasteiger partial charge in [-0.05, 0) is 53.6 Å². The summed E-state index contributed by atoms with van der Waals surface area (Å²) in [7, 11) is 1.32. The smallest absolute Gasteiger partial charge is 0.354 e. The van der Waals surface area contributed by atoms with Crippen LogP contribution in [0.2, 0.25) is 0 Å². The summed E-state index contributed by atoms with van der Waals surface area (Å²) < 4.78 is 7.14. The van der Waals surface area contributed by atoms with Crippen molar-refractivity contribution in [3.63, 3.8) is 0 Å². The molecule has 0 aromatic heterocycles. The van der Waals surface area contributed by atoms with E-state index < -0.39 is 18.0 Å². The molecule has 7 nitrogen and oxygen atoms in total. The van der Waals surface area contributed by atoms with E-state index in [1.54, 1.807) is 18.9 Å². The number of carbonyl (C=O) groups excluding carboxylic acids is 2. The normalized spacial score (nSPS) is 25.2. The van der Waals surface area contributed by atoms with Gasteiger partial charge in [-0.25, -0.2) is 4.79 Å². The largest absolute Gasteiger partial charge is 0.464 e. The monoisotopic (exact) mass is 440 g/mol. The molecule has 0 spiro atoms. The SMILES string of the molecule is COC(=O)C1=C(CN2Sc3cc(CO)cc4cccc2c34)[C@H](C)C2[C@@H]([C@@H](C)O)C(=O)N12. The highest BCUT2D eigenvalue weighted by molar-refractivity contribution is 8.01. The lowest BCUT2D eigenvalue weighted by atomic mass is 9.78. The minimum Gasteiger partial charge on any atom is -0.464 e. The zero-order valence-electron chi connectivity index (χ0n) is 17.5. The first-order chi connectivity index (χ1) is 14.9. The minimum absolute atomic E-state index is 0.0259. The summed E-state index contributed by atoms with van der Waals surface area (Å²) in [6, 6.07) is 9.80. The Morgan fingerprint density at radius 1 is 1.32 bits per heavy atom. The Hall–Kier alpha value is -2.55. The van der Waals surface area contributed by atoms with Gasteiger partial charge in [-0.3, -0.25) is 4.79 Å². The molecular weight excluding hydrogens is 416 g/mol. The quantitative estimate of drug-likeness (QED) is 0.419. The molecule has 4 atom stereocenters. The predicted octanol–water partition coefficient (Wildman–Crippen LogP) is 2.44. The van der Waals surface area contributed by atoms with E-state index in [4.69, 9.17) is 4.74 Å². The first-order valence-electron chi connectivity index (χ1n) is 10.3. The van der Waals surface area contributed by atoms with Gasteiger partial charge < -0.3 is 24.2 Å². The third kappa shape index (κ3) is 2.82. The predicted molar refractivity (Wildman–Crippen MR) is 117 cm³/mol. The summed E-state index contributed by atoms with van der Waals surface area (Å²) in [6.07, 6.45) is -0.773. The number of methoxy groups -OCH3 is 1. The second-order valence-corrected chi connectivity index (χ2v) is 9.44. The molecule has 3 aliphatic heterocycles. The summed E-state index contributed by atoms with van der Waals surface area (Å²) in [5.74, 6) is -1.34.